The molecule has 3 nitrogen and oxygen atoms in total. The average Bonchev–Trinajstić information content (AvgIpc) is 2.73. The van der Waals surface area contributed by atoms with Crippen LogP contribution in [-0.4, -0.2) is 34.6 Å². The molecule has 0 aliphatic heterocycles. The van der Waals surface area contributed by atoms with Crippen molar-refractivity contribution < 1.29 is 13.6 Å². The highest BCUT2D eigenvalue weighted by Crippen LogP contribution is 2.56. The fourth-order valence-electron chi connectivity index (χ4n) is 5.70. The summed E-state index contributed by atoms with van der Waals surface area (Å²) in [6, 6.07) is 0. The van der Waals surface area contributed by atoms with Gasteiger partial charge < -0.3 is 8.85 Å². The van der Waals surface area contributed by atoms with E-state index in [0.29, 0.717) is 24.0 Å². The first-order valence-electron chi connectivity index (χ1n) is 14.3. The summed E-state index contributed by atoms with van der Waals surface area (Å²) in [6.45, 7) is 25.5. The lowest BCUT2D eigenvalue weighted by Gasteiger charge is -2.55. The van der Waals surface area contributed by atoms with Crippen molar-refractivity contribution in [1.82, 2.24) is 0 Å². The minimum Gasteiger partial charge on any atom is -0.413 e. The van der Waals surface area contributed by atoms with Gasteiger partial charge in [-0.2, -0.15) is 0 Å². The average molecular weight is 519 g/mol. The molecular weight excluding hydrogens is 464 g/mol. The minimum absolute atomic E-state index is 0.00803. The van der Waals surface area contributed by atoms with Crippen LogP contribution in [0.1, 0.15) is 99.8 Å². The van der Waals surface area contributed by atoms with E-state index in [9.17, 15) is 4.79 Å². The van der Waals surface area contributed by atoms with E-state index in [0.717, 1.165) is 12.8 Å². The number of carbonyl (C=O) groups is 1. The Balaban J connectivity index is 1.93. The highest BCUT2D eigenvalue weighted by Gasteiger charge is 2.59. The monoisotopic (exact) mass is 518 g/mol. The van der Waals surface area contributed by atoms with Gasteiger partial charge in [0.25, 0.3) is 0 Å². The van der Waals surface area contributed by atoms with Crippen LogP contribution in [-0.2, 0) is 13.6 Å². The second-order valence-corrected chi connectivity index (χ2v) is 24.6. The lowest BCUT2D eigenvalue weighted by molar-refractivity contribution is -0.156. The van der Waals surface area contributed by atoms with Gasteiger partial charge in [0.15, 0.2) is 16.6 Å². The summed E-state index contributed by atoms with van der Waals surface area (Å²) in [4.78, 5) is 12.7. The molecule has 3 saturated carbocycles. The van der Waals surface area contributed by atoms with Crippen LogP contribution < -0.4 is 0 Å². The Morgan fingerprint density at radius 2 is 1.49 bits per heavy atom. The third-order valence-corrected chi connectivity index (χ3v) is 19.6. The first-order chi connectivity index (χ1) is 15.9. The molecule has 0 N–H and O–H groups in total. The summed E-state index contributed by atoms with van der Waals surface area (Å²) in [5, 5.41) is 0.330. The van der Waals surface area contributed by atoms with E-state index in [1.54, 1.807) is 0 Å². The molecule has 3 rings (SSSR count). The molecule has 3 aliphatic carbocycles. The molecule has 0 bridgehead atoms. The number of rotatable bonds is 5. The Kier molecular flexibility index (Phi) is 8.36. The van der Waals surface area contributed by atoms with Gasteiger partial charge >= 0.3 is 0 Å². The third-order valence-electron chi connectivity index (χ3n) is 10.6. The molecule has 0 aromatic rings. The normalized spacial score (nSPS) is 31.7. The third kappa shape index (κ3) is 6.02. The van der Waals surface area contributed by atoms with Crippen LogP contribution in [0.2, 0.25) is 36.3 Å². The van der Waals surface area contributed by atoms with E-state index in [1.165, 1.54) is 32.1 Å². The maximum absolute atomic E-state index is 12.7. The number of hydrogen-bond donors (Lipinski definition) is 0. The van der Waals surface area contributed by atoms with E-state index in [2.05, 4.69) is 86.5 Å². The van der Waals surface area contributed by atoms with Gasteiger partial charge in [0.1, 0.15) is 11.9 Å². The van der Waals surface area contributed by atoms with Gasteiger partial charge in [0.2, 0.25) is 0 Å². The fraction of sp³-hybridized carbons (Fsp3) is 0.900. The fourth-order valence-corrected chi connectivity index (χ4v) is 8.31. The first kappa shape index (κ1) is 29.1. The zero-order chi connectivity index (χ0) is 26.4. The van der Waals surface area contributed by atoms with E-state index in [-0.39, 0.29) is 33.6 Å². The summed E-state index contributed by atoms with van der Waals surface area (Å²) in [5.74, 6) is 8.95. The second-order valence-electron chi connectivity index (χ2n) is 15.1. The zero-order valence-electron chi connectivity index (χ0n) is 24.8. The van der Waals surface area contributed by atoms with Crippen LogP contribution >= 0.6 is 0 Å². The molecule has 3 aliphatic rings. The van der Waals surface area contributed by atoms with E-state index in [1.807, 2.05) is 0 Å². The van der Waals surface area contributed by atoms with Crippen molar-refractivity contribution in [2.75, 3.05) is 0 Å². The van der Waals surface area contributed by atoms with Crippen LogP contribution in [0.25, 0.3) is 0 Å². The quantitative estimate of drug-likeness (QED) is 0.271. The van der Waals surface area contributed by atoms with Gasteiger partial charge in [-0.1, -0.05) is 79.6 Å². The van der Waals surface area contributed by atoms with Gasteiger partial charge in [-0.3, -0.25) is 4.79 Å². The van der Waals surface area contributed by atoms with Crippen molar-refractivity contribution in [3.63, 3.8) is 0 Å². The molecular formula is C30H54O3Si2. The number of fused-ring (bicyclic) bond motifs is 1. The number of Topliss-reactive ketones (excluding diaryl/α,β-unsaturated/α-hetero) is 1. The minimum atomic E-state index is -1.94. The van der Waals surface area contributed by atoms with E-state index < -0.39 is 16.6 Å². The predicted octanol–water partition coefficient (Wildman–Crippen LogP) is 8.36. The maximum atomic E-state index is 12.7. The van der Waals surface area contributed by atoms with Crippen LogP contribution in [0.4, 0.5) is 0 Å². The SMILES string of the molecule is CC(C)(C)[Si](C)(C)O[C@H](C#C[C@@H]1[C@H]2CC(=O)[C@@]2(C)CC[C@H]1O[Si](C)(C)C(C)(C)C)C1CCCCC1. The first-order valence-corrected chi connectivity index (χ1v) is 20.1. The van der Waals surface area contributed by atoms with Crippen molar-refractivity contribution in [2.45, 2.75) is 148 Å². The van der Waals surface area contributed by atoms with Crippen molar-refractivity contribution in [3.8, 4) is 11.8 Å². The van der Waals surface area contributed by atoms with Crippen molar-refractivity contribution in [3.05, 3.63) is 0 Å². The maximum Gasteiger partial charge on any atom is 0.193 e. The molecule has 5 heteroatoms. The molecule has 0 heterocycles. The molecule has 0 spiro atoms. The molecule has 0 amide bonds. The second kappa shape index (κ2) is 10.0. The van der Waals surface area contributed by atoms with Crippen LogP contribution in [0, 0.1) is 35.0 Å². The van der Waals surface area contributed by atoms with Crippen LogP contribution in [0.3, 0.4) is 0 Å². The molecule has 0 saturated heterocycles. The Morgan fingerprint density at radius 1 is 0.914 bits per heavy atom. The Labute approximate surface area is 219 Å². The summed E-state index contributed by atoms with van der Waals surface area (Å²) >= 11 is 0. The van der Waals surface area contributed by atoms with Crippen molar-refractivity contribution in [2.24, 2.45) is 23.2 Å². The molecule has 0 unspecified atom stereocenters. The van der Waals surface area contributed by atoms with Gasteiger partial charge in [-0.25, -0.2) is 0 Å². The molecule has 5 atom stereocenters. The lowest BCUT2D eigenvalue weighted by atomic mass is 9.50. The summed E-state index contributed by atoms with van der Waals surface area (Å²) in [5.41, 5.74) is -0.201. The lowest BCUT2D eigenvalue weighted by Crippen LogP contribution is -2.59. The Morgan fingerprint density at radius 3 is 2.00 bits per heavy atom. The number of hydrogen-bond acceptors (Lipinski definition) is 3. The topological polar surface area (TPSA) is 35.5 Å². The van der Waals surface area contributed by atoms with Gasteiger partial charge in [-0.05, 0) is 73.8 Å². The molecule has 3 fully saturated rings. The van der Waals surface area contributed by atoms with Crippen molar-refractivity contribution in [1.29, 1.82) is 0 Å². The molecule has 200 valence electrons. The van der Waals surface area contributed by atoms with Crippen LogP contribution in [0.15, 0.2) is 0 Å². The standard InChI is InChI=1S/C30H54O3Si2/c1-28(2,3)34(8,9)32-25(22-15-13-12-14-16-22)18-17-23-24-21-27(31)30(24,7)20-19-26(23)33-35(10,11)29(4,5)6/h22-26H,12-16,19-21H2,1-11H3/t23-,24-,25-,26-,30+/m1/s1. The van der Waals surface area contributed by atoms with Gasteiger partial charge in [-0.15, -0.1) is 0 Å². The van der Waals surface area contributed by atoms with Gasteiger partial charge in [0.05, 0.1) is 6.10 Å². The van der Waals surface area contributed by atoms with E-state index in [4.69, 9.17) is 8.85 Å². The largest absolute Gasteiger partial charge is 0.413 e. The highest BCUT2D eigenvalue weighted by molar-refractivity contribution is 6.74. The number of carbonyl (C=O) groups excluding carboxylic acids is 1. The molecule has 35 heavy (non-hydrogen) atoms. The summed E-state index contributed by atoms with van der Waals surface area (Å²) in [6.07, 6.45) is 9.07. The van der Waals surface area contributed by atoms with Gasteiger partial charge in [0, 0.05) is 17.8 Å². The number of ketones is 1. The zero-order valence-corrected chi connectivity index (χ0v) is 26.8. The van der Waals surface area contributed by atoms with Crippen molar-refractivity contribution >= 4 is 22.4 Å². The summed E-state index contributed by atoms with van der Waals surface area (Å²) < 4.78 is 14.0. The summed E-state index contributed by atoms with van der Waals surface area (Å²) in [7, 11) is -3.87. The molecule has 0 radical (unpaired) electrons. The smallest absolute Gasteiger partial charge is 0.193 e. The molecule has 0 aromatic carbocycles. The Hall–Kier alpha value is -0.416. The molecule has 0 aromatic heterocycles. The van der Waals surface area contributed by atoms with E-state index >= 15 is 0 Å². The predicted molar refractivity (Wildman–Crippen MR) is 152 cm³/mol. The highest BCUT2D eigenvalue weighted by atomic mass is 28.4. The Bertz CT molecular complexity index is 832. The van der Waals surface area contributed by atoms with Crippen LogP contribution in [0.5, 0.6) is 0 Å².